The second kappa shape index (κ2) is 11.2. The fourth-order valence-electron chi connectivity index (χ4n) is 2.80. The van der Waals surface area contributed by atoms with Crippen molar-refractivity contribution in [2.24, 2.45) is 5.10 Å². The van der Waals surface area contributed by atoms with E-state index in [1.807, 2.05) is 50.2 Å². The maximum absolute atomic E-state index is 12.2. The number of hydrogen-bond acceptors (Lipinski definition) is 5. The Labute approximate surface area is 191 Å². The molecule has 8 heteroatoms. The first-order valence-corrected chi connectivity index (χ1v) is 10.2. The average Bonchev–Trinajstić information content (AvgIpc) is 2.81. The Kier molecular flexibility index (Phi) is 7.91. The number of rotatable bonds is 7. The molecular weight excluding hydrogens is 420 g/mol. The van der Waals surface area contributed by atoms with Gasteiger partial charge in [-0.1, -0.05) is 48.0 Å². The van der Waals surface area contributed by atoms with Gasteiger partial charge < -0.3 is 15.4 Å². The number of amides is 3. The molecule has 3 aromatic rings. The summed E-state index contributed by atoms with van der Waals surface area (Å²) in [4.78, 5) is 36.2. The SMILES string of the molecule is Cc1ccc(NC(=O)COc2ccccc2/C=N\NC(=O)C(=O)Nc2ccccc2C)cc1. The lowest BCUT2D eigenvalue weighted by molar-refractivity contribution is -0.136. The Morgan fingerprint density at radius 2 is 1.55 bits per heavy atom. The molecule has 0 radical (unpaired) electrons. The highest BCUT2D eigenvalue weighted by Crippen LogP contribution is 2.16. The van der Waals surface area contributed by atoms with E-state index in [9.17, 15) is 14.4 Å². The van der Waals surface area contributed by atoms with Crippen molar-refractivity contribution in [3.63, 3.8) is 0 Å². The van der Waals surface area contributed by atoms with Gasteiger partial charge in [-0.2, -0.15) is 5.10 Å². The minimum atomic E-state index is -0.912. The van der Waals surface area contributed by atoms with Crippen LogP contribution in [0, 0.1) is 13.8 Å². The molecule has 0 aliphatic heterocycles. The number of carbonyl (C=O) groups excluding carboxylic acids is 3. The van der Waals surface area contributed by atoms with Crippen LogP contribution in [0.15, 0.2) is 77.9 Å². The number of para-hydroxylation sites is 2. The van der Waals surface area contributed by atoms with Crippen LogP contribution in [0.4, 0.5) is 11.4 Å². The fourth-order valence-corrected chi connectivity index (χ4v) is 2.80. The molecule has 3 aromatic carbocycles. The molecule has 0 saturated heterocycles. The van der Waals surface area contributed by atoms with Gasteiger partial charge in [0.2, 0.25) is 0 Å². The maximum Gasteiger partial charge on any atom is 0.329 e. The van der Waals surface area contributed by atoms with E-state index in [0.717, 1.165) is 11.1 Å². The largest absolute Gasteiger partial charge is 0.483 e. The lowest BCUT2D eigenvalue weighted by atomic mass is 10.2. The number of carbonyl (C=O) groups is 3. The summed E-state index contributed by atoms with van der Waals surface area (Å²) in [5, 5.41) is 9.11. The van der Waals surface area contributed by atoms with E-state index < -0.39 is 11.8 Å². The molecular formula is C25H24N4O4. The molecule has 0 bridgehead atoms. The van der Waals surface area contributed by atoms with Crippen LogP contribution in [0.2, 0.25) is 0 Å². The first-order valence-electron chi connectivity index (χ1n) is 10.2. The molecule has 0 saturated carbocycles. The van der Waals surface area contributed by atoms with Gasteiger partial charge in [0.1, 0.15) is 5.75 Å². The van der Waals surface area contributed by atoms with Gasteiger partial charge in [-0.15, -0.1) is 0 Å². The van der Waals surface area contributed by atoms with Gasteiger partial charge in [0.05, 0.1) is 6.21 Å². The average molecular weight is 444 g/mol. The van der Waals surface area contributed by atoms with Gasteiger partial charge in [-0.05, 0) is 49.7 Å². The smallest absolute Gasteiger partial charge is 0.329 e. The van der Waals surface area contributed by atoms with E-state index in [0.29, 0.717) is 22.7 Å². The number of ether oxygens (including phenoxy) is 1. The molecule has 0 aliphatic rings. The van der Waals surface area contributed by atoms with Crippen LogP contribution in [-0.2, 0) is 14.4 Å². The Morgan fingerprint density at radius 3 is 2.30 bits per heavy atom. The third kappa shape index (κ3) is 7.03. The first-order chi connectivity index (χ1) is 15.9. The fraction of sp³-hybridized carbons (Fsp3) is 0.120. The van der Waals surface area contributed by atoms with Crippen LogP contribution in [-0.4, -0.2) is 30.5 Å². The van der Waals surface area contributed by atoms with Crippen LogP contribution in [0.25, 0.3) is 0 Å². The zero-order valence-electron chi connectivity index (χ0n) is 18.3. The van der Waals surface area contributed by atoms with Crippen molar-refractivity contribution in [1.29, 1.82) is 0 Å². The lowest BCUT2D eigenvalue weighted by Crippen LogP contribution is -2.32. The Morgan fingerprint density at radius 1 is 0.848 bits per heavy atom. The Balaban J connectivity index is 1.53. The molecule has 33 heavy (non-hydrogen) atoms. The van der Waals surface area contributed by atoms with E-state index in [2.05, 4.69) is 21.2 Å². The predicted octanol–water partition coefficient (Wildman–Crippen LogP) is 3.41. The molecule has 3 N–H and O–H groups in total. The minimum absolute atomic E-state index is 0.204. The number of nitrogens with zero attached hydrogens (tertiary/aromatic N) is 1. The zero-order valence-corrected chi connectivity index (χ0v) is 18.3. The van der Waals surface area contributed by atoms with Gasteiger partial charge in [0.25, 0.3) is 5.91 Å². The third-order valence-electron chi connectivity index (χ3n) is 4.58. The number of hydrogen-bond donors (Lipinski definition) is 3. The van der Waals surface area contributed by atoms with Crippen molar-refractivity contribution in [2.45, 2.75) is 13.8 Å². The normalized spacial score (nSPS) is 10.5. The van der Waals surface area contributed by atoms with E-state index in [1.54, 1.807) is 36.4 Å². The monoisotopic (exact) mass is 444 g/mol. The van der Waals surface area contributed by atoms with Crippen molar-refractivity contribution < 1.29 is 19.1 Å². The zero-order chi connectivity index (χ0) is 23.6. The Hall–Kier alpha value is -4.46. The highest BCUT2D eigenvalue weighted by molar-refractivity contribution is 6.39. The highest BCUT2D eigenvalue weighted by atomic mass is 16.5. The molecule has 168 valence electrons. The molecule has 0 heterocycles. The molecule has 0 spiro atoms. The minimum Gasteiger partial charge on any atom is -0.483 e. The van der Waals surface area contributed by atoms with Crippen LogP contribution in [0.5, 0.6) is 5.75 Å². The summed E-state index contributed by atoms with van der Waals surface area (Å²) in [6.45, 7) is 3.58. The van der Waals surface area contributed by atoms with E-state index in [1.165, 1.54) is 6.21 Å². The van der Waals surface area contributed by atoms with Crippen LogP contribution in [0.1, 0.15) is 16.7 Å². The van der Waals surface area contributed by atoms with E-state index in [4.69, 9.17) is 4.74 Å². The molecule has 3 rings (SSSR count). The Bertz CT molecular complexity index is 1170. The maximum atomic E-state index is 12.2. The quantitative estimate of drug-likeness (QED) is 0.295. The van der Waals surface area contributed by atoms with E-state index >= 15 is 0 Å². The van der Waals surface area contributed by atoms with Gasteiger partial charge >= 0.3 is 11.8 Å². The molecule has 0 aliphatic carbocycles. The van der Waals surface area contributed by atoms with Gasteiger partial charge in [-0.3, -0.25) is 14.4 Å². The van der Waals surface area contributed by atoms with Crippen molar-refractivity contribution in [2.75, 3.05) is 17.2 Å². The molecule has 3 amide bonds. The lowest BCUT2D eigenvalue weighted by Gasteiger charge is -2.10. The van der Waals surface area contributed by atoms with Crippen molar-refractivity contribution in [3.8, 4) is 5.75 Å². The van der Waals surface area contributed by atoms with E-state index in [-0.39, 0.29) is 12.5 Å². The standard InChI is InChI=1S/C25H24N4O4/c1-17-11-13-20(14-12-17)27-23(30)16-33-22-10-6-4-8-19(22)15-26-29-25(32)24(31)28-21-9-5-3-7-18(21)2/h3-15H,16H2,1-2H3,(H,27,30)(H,28,31)(H,29,32)/b26-15-. The van der Waals surface area contributed by atoms with Crippen molar-refractivity contribution >= 4 is 35.3 Å². The predicted molar refractivity (Wildman–Crippen MR) is 127 cm³/mol. The molecule has 0 atom stereocenters. The summed E-state index contributed by atoms with van der Waals surface area (Å²) in [6, 6.07) is 21.4. The van der Waals surface area contributed by atoms with Gasteiger partial charge in [0, 0.05) is 16.9 Å². The number of hydrazone groups is 1. The first kappa shape index (κ1) is 23.2. The second-order valence-electron chi connectivity index (χ2n) is 7.21. The number of anilines is 2. The summed E-state index contributed by atoms with van der Waals surface area (Å²) in [5.41, 5.74) is 5.86. The van der Waals surface area contributed by atoms with Crippen molar-refractivity contribution in [1.82, 2.24) is 5.43 Å². The highest BCUT2D eigenvalue weighted by Gasteiger charge is 2.14. The van der Waals surface area contributed by atoms with Crippen LogP contribution in [0.3, 0.4) is 0 Å². The number of nitrogens with one attached hydrogen (secondary N) is 3. The molecule has 0 fully saturated rings. The van der Waals surface area contributed by atoms with Crippen LogP contribution >= 0.6 is 0 Å². The van der Waals surface area contributed by atoms with Crippen molar-refractivity contribution in [3.05, 3.63) is 89.5 Å². The third-order valence-corrected chi connectivity index (χ3v) is 4.58. The molecule has 0 aromatic heterocycles. The second-order valence-corrected chi connectivity index (χ2v) is 7.21. The number of aryl methyl sites for hydroxylation is 2. The summed E-state index contributed by atoms with van der Waals surface area (Å²) in [7, 11) is 0. The molecule has 0 unspecified atom stereocenters. The summed E-state index contributed by atoms with van der Waals surface area (Å²) >= 11 is 0. The number of benzene rings is 3. The summed E-state index contributed by atoms with van der Waals surface area (Å²) in [6.07, 6.45) is 1.34. The molecule has 8 nitrogen and oxygen atoms in total. The topological polar surface area (TPSA) is 109 Å². The van der Waals surface area contributed by atoms with Crippen LogP contribution < -0.4 is 20.8 Å². The summed E-state index contributed by atoms with van der Waals surface area (Å²) in [5.74, 6) is -1.66. The van der Waals surface area contributed by atoms with Gasteiger partial charge in [-0.25, -0.2) is 5.43 Å². The summed E-state index contributed by atoms with van der Waals surface area (Å²) < 4.78 is 5.60. The van der Waals surface area contributed by atoms with Gasteiger partial charge in [0.15, 0.2) is 6.61 Å².